The molecule has 0 spiro atoms. The molecule has 4 N–H and O–H groups in total. The highest BCUT2D eigenvalue weighted by Crippen LogP contribution is 2.65. The number of aromatic nitrogens is 1. The number of rotatable bonds is 15. The van der Waals surface area contributed by atoms with Crippen molar-refractivity contribution in [3.05, 3.63) is 37.1 Å². The monoisotopic (exact) mass is 740 g/mol. The van der Waals surface area contributed by atoms with E-state index in [0.717, 1.165) is 32.1 Å². The molecule has 1 aromatic heterocycles. The molecule has 0 bridgehead atoms. The lowest BCUT2D eigenvalue weighted by Crippen LogP contribution is -2.64. The van der Waals surface area contributed by atoms with Gasteiger partial charge in [-0.1, -0.05) is 85.8 Å². The molecule has 4 amide bonds. The van der Waals surface area contributed by atoms with E-state index < -0.39 is 74.4 Å². The van der Waals surface area contributed by atoms with Crippen LogP contribution in [-0.2, 0) is 34.0 Å². The van der Waals surface area contributed by atoms with Crippen LogP contribution >= 0.6 is 0 Å². The Labute approximate surface area is 308 Å². The number of sulfonamides is 1. The van der Waals surface area contributed by atoms with Crippen LogP contribution in [0.15, 0.2) is 42.1 Å². The lowest BCUT2D eigenvalue weighted by atomic mass is 9.70. The minimum atomic E-state index is -4.20. The number of Topliss-reactive ketones (excluding diaryl/α,β-unsaturated/α-hetero) is 1. The average molecular weight is 741 g/mol. The lowest BCUT2D eigenvalue weighted by molar-refractivity contribution is -0.147. The smallest absolute Gasteiger partial charge is 0.289 e. The molecule has 6 atom stereocenters. The number of hydrogen-bond acceptors (Lipinski definition) is 8. The van der Waals surface area contributed by atoms with Gasteiger partial charge < -0.3 is 20.9 Å². The number of piperidine rings is 1. The molecule has 3 saturated carbocycles. The molecule has 14 heteroatoms. The molecule has 286 valence electrons. The van der Waals surface area contributed by atoms with Gasteiger partial charge in [0, 0.05) is 19.3 Å². The van der Waals surface area contributed by atoms with Gasteiger partial charge in [-0.15, -0.1) is 6.58 Å². The Balaban J connectivity index is 1.40. The summed E-state index contributed by atoms with van der Waals surface area (Å²) in [7, 11) is -4.20. The molecule has 2 heterocycles. The summed E-state index contributed by atoms with van der Waals surface area (Å²) in [4.78, 5) is 74.7. The maximum Gasteiger partial charge on any atom is 0.289 e. The third-order valence-electron chi connectivity index (χ3n) is 11.8. The summed E-state index contributed by atoms with van der Waals surface area (Å²) >= 11 is 0. The number of nitrogens with zero attached hydrogens (tertiary/aromatic N) is 2. The number of carbonyl (C=O) groups is 5. The zero-order chi connectivity index (χ0) is 38.2. The van der Waals surface area contributed by atoms with E-state index in [0.29, 0.717) is 19.3 Å². The van der Waals surface area contributed by atoms with Crippen LogP contribution < -0.4 is 20.7 Å². The topological polar surface area (TPSA) is 184 Å². The van der Waals surface area contributed by atoms with Crippen molar-refractivity contribution in [2.75, 3.05) is 13.1 Å². The third-order valence-corrected chi connectivity index (χ3v) is 13.2. The number of pyridine rings is 1. The van der Waals surface area contributed by atoms with Crippen LogP contribution in [0.3, 0.4) is 0 Å². The first-order valence-corrected chi connectivity index (χ1v) is 20.1. The van der Waals surface area contributed by atoms with Gasteiger partial charge in [-0.3, -0.25) is 24.0 Å². The van der Waals surface area contributed by atoms with Crippen molar-refractivity contribution < 1.29 is 32.4 Å². The molecule has 52 heavy (non-hydrogen) atoms. The maximum absolute atomic E-state index is 14.7. The van der Waals surface area contributed by atoms with Crippen molar-refractivity contribution in [3.63, 3.8) is 0 Å². The summed E-state index contributed by atoms with van der Waals surface area (Å²) in [5, 5.41) is 8.10. The SMILES string of the molecule is C=CCNC(=O)C(=O)C(CC1CC1)NC(=O)[C@@H]1[C@@H]2[C@H](CN1C(=O)[C@@H](NC(=O)[C@@H](NS(=O)(=O)c1ccccn1)C1(C)CCCCC1)C(C)(C)C)C2(C)C. The molecule has 5 rings (SSSR count). The average Bonchev–Trinajstić information content (AvgIpc) is 3.95. The first-order valence-electron chi connectivity index (χ1n) is 18.6. The normalized spacial score (nSPS) is 25.1. The maximum atomic E-state index is 14.7. The van der Waals surface area contributed by atoms with Gasteiger partial charge in [-0.05, 0) is 65.4 Å². The largest absolute Gasteiger partial charge is 0.346 e. The molecule has 3 aliphatic carbocycles. The van der Waals surface area contributed by atoms with Crippen LogP contribution in [0.25, 0.3) is 0 Å². The van der Waals surface area contributed by atoms with Crippen LogP contribution in [0.4, 0.5) is 0 Å². The van der Waals surface area contributed by atoms with Crippen molar-refractivity contribution in [3.8, 4) is 0 Å². The van der Waals surface area contributed by atoms with Crippen molar-refractivity contribution in [1.82, 2.24) is 30.6 Å². The highest BCUT2D eigenvalue weighted by atomic mass is 32.2. The van der Waals surface area contributed by atoms with Crippen molar-refractivity contribution in [2.24, 2.45) is 34.0 Å². The lowest BCUT2D eigenvalue weighted by Gasteiger charge is -2.42. The van der Waals surface area contributed by atoms with E-state index in [2.05, 4.69) is 32.2 Å². The zero-order valence-electron chi connectivity index (χ0n) is 31.4. The Kier molecular flexibility index (Phi) is 11.4. The van der Waals surface area contributed by atoms with Crippen LogP contribution in [0, 0.1) is 34.0 Å². The predicted molar refractivity (Wildman–Crippen MR) is 195 cm³/mol. The Morgan fingerprint density at radius 3 is 2.29 bits per heavy atom. The van der Waals surface area contributed by atoms with Gasteiger partial charge in [0.1, 0.15) is 18.1 Å². The second-order valence-corrected chi connectivity index (χ2v) is 18.9. The highest BCUT2D eigenvalue weighted by molar-refractivity contribution is 7.89. The first kappa shape index (κ1) is 39.6. The zero-order valence-corrected chi connectivity index (χ0v) is 32.2. The van der Waals surface area contributed by atoms with Crippen molar-refractivity contribution in [2.45, 2.75) is 122 Å². The minimum Gasteiger partial charge on any atom is -0.346 e. The molecule has 0 aromatic carbocycles. The van der Waals surface area contributed by atoms with Crippen molar-refractivity contribution in [1.29, 1.82) is 0 Å². The summed E-state index contributed by atoms with van der Waals surface area (Å²) in [6.45, 7) is 15.4. The van der Waals surface area contributed by atoms with E-state index in [1.165, 1.54) is 23.2 Å². The molecule has 0 radical (unpaired) electrons. The minimum absolute atomic E-state index is 0.0241. The van der Waals surface area contributed by atoms with Gasteiger partial charge in [0.15, 0.2) is 5.03 Å². The van der Waals surface area contributed by atoms with Gasteiger partial charge in [0.2, 0.25) is 23.5 Å². The standard InChI is InChI=1S/C38H56N6O7S/c1-8-19-40-33(47)29(45)25(21-23-15-16-23)41-32(46)28-27-24(37(27,5)6)22-44(28)35(49)31(36(2,3)4)42-34(48)30(38(7)17-11-9-12-18-38)43-52(50,51)26-14-10-13-20-39-26/h8,10,13-14,20,23-25,27-28,30-31,43H,1,9,11-12,15-19,21-22H2,2-7H3,(H,40,47)(H,41,46)(H,42,48)/t24-,25?,27-,28-,30+,31+/m0/s1. The quantitative estimate of drug-likeness (QED) is 0.156. The van der Waals surface area contributed by atoms with Crippen LogP contribution in [0.5, 0.6) is 0 Å². The highest BCUT2D eigenvalue weighted by Gasteiger charge is 2.70. The van der Waals surface area contributed by atoms with E-state index in [-0.39, 0.29) is 41.3 Å². The fourth-order valence-electron chi connectivity index (χ4n) is 8.32. The van der Waals surface area contributed by atoms with E-state index >= 15 is 0 Å². The van der Waals surface area contributed by atoms with Gasteiger partial charge in [-0.2, -0.15) is 4.72 Å². The van der Waals surface area contributed by atoms with Gasteiger partial charge >= 0.3 is 0 Å². The Hall–Kier alpha value is -3.65. The molecule has 4 fully saturated rings. The number of hydrogen-bond donors (Lipinski definition) is 4. The summed E-state index contributed by atoms with van der Waals surface area (Å²) in [5.74, 6) is -3.06. The summed E-state index contributed by atoms with van der Waals surface area (Å²) in [6, 6.07) is 0.267. The van der Waals surface area contributed by atoms with Gasteiger partial charge in [-0.25, -0.2) is 13.4 Å². The van der Waals surface area contributed by atoms with Crippen LogP contribution in [-0.4, -0.2) is 85.0 Å². The number of nitrogens with one attached hydrogen (secondary N) is 4. The van der Waals surface area contributed by atoms with Crippen LogP contribution in [0.2, 0.25) is 0 Å². The Morgan fingerprint density at radius 2 is 1.71 bits per heavy atom. The second-order valence-electron chi connectivity index (χ2n) is 17.2. The third kappa shape index (κ3) is 8.43. The number of likely N-dealkylation sites (tertiary alicyclic amines) is 1. The predicted octanol–water partition coefficient (Wildman–Crippen LogP) is 2.87. The number of ketones is 1. The molecule has 1 unspecified atom stereocenters. The Morgan fingerprint density at radius 1 is 1.04 bits per heavy atom. The molecule has 1 aliphatic heterocycles. The van der Waals surface area contributed by atoms with Crippen molar-refractivity contribution >= 4 is 39.4 Å². The Bertz CT molecular complexity index is 1660. The molecule has 1 aromatic rings. The second kappa shape index (κ2) is 15.0. The number of fused-ring (bicyclic) bond motifs is 1. The fourth-order valence-corrected chi connectivity index (χ4v) is 9.60. The molecule has 13 nitrogen and oxygen atoms in total. The molecular weight excluding hydrogens is 685 g/mol. The summed E-state index contributed by atoms with van der Waals surface area (Å²) in [6.07, 6.45) is 8.85. The van der Waals surface area contributed by atoms with E-state index in [1.807, 2.05) is 41.5 Å². The van der Waals surface area contributed by atoms with E-state index in [4.69, 9.17) is 0 Å². The fraction of sp³-hybridized carbons (Fsp3) is 0.684. The van der Waals surface area contributed by atoms with Gasteiger partial charge in [0.05, 0.1) is 6.04 Å². The number of amides is 4. The van der Waals surface area contributed by atoms with E-state index in [1.54, 1.807) is 12.1 Å². The van der Waals surface area contributed by atoms with E-state index in [9.17, 15) is 32.4 Å². The summed E-state index contributed by atoms with van der Waals surface area (Å²) < 4.78 is 29.8. The summed E-state index contributed by atoms with van der Waals surface area (Å²) in [5.41, 5.74) is -1.79. The number of carbonyl (C=O) groups excluding carboxylic acids is 5. The molecule has 4 aliphatic rings. The molecule has 1 saturated heterocycles. The first-order chi connectivity index (χ1) is 24.3. The molecular formula is C38H56N6O7S. The van der Waals surface area contributed by atoms with Gasteiger partial charge in [0.25, 0.3) is 15.9 Å². The van der Waals surface area contributed by atoms with Crippen LogP contribution in [0.1, 0.15) is 92.9 Å².